The molecule has 3 aromatic heterocycles. The largest absolute Gasteiger partial charge is 0.463 e. The van der Waals surface area contributed by atoms with Gasteiger partial charge in [0.25, 0.3) is 11.8 Å². The summed E-state index contributed by atoms with van der Waals surface area (Å²) in [7, 11) is 0. The number of rotatable bonds is 6. The number of primary amides is 1. The van der Waals surface area contributed by atoms with Gasteiger partial charge in [-0.1, -0.05) is 0 Å². The number of carbonyl (C=O) groups is 2. The molecule has 0 aliphatic carbocycles. The van der Waals surface area contributed by atoms with Crippen molar-refractivity contribution in [3.63, 3.8) is 0 Å². The van der Waals surface area contributed by atoms with Crippen LogP contribution in [-0.2, 0) is 0 Å². The first kappa shape index (κ1) is 18.1. The number of hydrogen-bond acceptors (Lipinski definition) is 7. The van der Waals surface area contributed by atoms with Crippen molar-refractivity contribution < 1.29 is 14.0 Å². The molecule has 0 radical (unpaired) electrons. The minimum atomic E-state index is -0.711. The van der Waals surface area contributed by atoms with E-state index >= 15 is 0 Å². The normalized spacial score (nSPS) is 15.0. The van der Waals surface area contributed by atoms with Crippen LogP contribution in [0.25, 0.3) is 17.1 Å². The third-order valence-corrected chi connectivity index (χ3v) is 4.66. The van der Waals surface area contributed by atoms with Crippen LogP contribution < -0.4 is 16.4 Å². The first-order valence-electron chi connectivity index (χ1n) is 9.06. The van der Waals surface area contributed by atoms with Crippen molar-refractivity contribution in [1.29, 1.82) is 0 Å². The SMILES string of the molecule is NC(=O)c1ncn2c(-c3ccco3)cc(C(=O)NCCN3CCNCC3)nc12. The molecule has 146 valence electrons. The predicted molar refractivity (Wildman–Crippen MR) is 101 cm³/mol. The van der Waals surface area contributed by atoms with Gasteiger partial charge in [-0.15, -0.1) is 0 Å². The van der Waals surface area contributed by atoms with E-state index in [9.17, 15) is 9.59 Å². The van der Waals surface area contributed by atoms with Crippen molar-refractivity contribution in [2.24, 2.45) is 5.73 Å². The maximum Gasteiger partial charge on any atom is 0.271 e. The van der Waals surface area contributed by atoms with Crippen LogP contribution in [0.2, 0.25) is 0 Å². The van der Waals surface area contributed by atoms with Gasteiger partial charge in [-0.05, 0) is 18.2 Å². The van der Waals surface area contributed by atoms with Crippen LogP contribution in [0, 0.1) is 0 Å². The highest BCUT2D eigenvalue weighted by Crippen LogP contribution is 2.23. The quantitative estimate of drug-likeness (QED) is 0.534. The van der Waals surface area contributed by atoms with Crippen LogP contribution in [0.1, 0.15) is 21.0 Å². The second-order valence-corrected chi connectivity index (χ2v) is 6.50. The number of imidazole rings is 1. The van der Waals surface area contributed by atoms with Gasteiger partial charge in [0.2, 0.25) is 0 Å². The second-order valence-electron chi connectivity index (χ2n) is 6.50. The molecule has 0 aromatic carbocycles. The van der Waals surface area contributed by atoms with Crippen molar-refractivity contribution in [2.45, 2.75) is 0 Å². The minimum absolute atomic E-state index is 0.00303. The van der Waals surface area contributed by atoms with Crippen LogP contribution in [0.3, 0.4) is 0 Å². The van der Waals surface area contributed by atoms with Crippen LogP contribution in [0.15, 0.2) is 35.2 Å². The average molecular weight is 383 g/mol. The molecule has 0 spiro atoms. The third-order valence-electron chi connectivity index (χ3n) is 4.66. The van der Waals surface area contributed by atoms with E-state index in [1.54, 1.807) is 22.6 Å². The molecule has 0 atom stereocenters. The Bertz CT molecular complexity index is 990. The molecule has 4 heterocycles. The van der Waals surface area contributed by atoms with Crippen LogP contribution in [0.4, 0.5) is 0 Å². The fourth-order valence-corrected chi connectivity index (χ4v) is 3.23. The molecule has 3 aromatic rings. The van der Waals surface area contributed by atoms with E-state index in [0.29, 0.717) is 18.0 Å². The summed E-state index contributed by atoms with van der Waals surface area (Å²) in [5.41, 5.74) is 6.34. The van der Waals surface area contributed by atoms with Crippen molar-refractivity contribution in [3.05, 3.63) is 42.2 Å². The van der Waals surface area contributed by atoms with Crippen molar-refractivity contribution in [3.8, 4) is 11.5 Å². The average Bonchev–Trinajstić information content (AvgIpc) is 3.38. The molecule has 0 bridgehead atoms. The summed E-state index contributed by atoms with van der Waals surface area (Å²) in [5, 5.41) is 6.18. The van der Waals surface area contributed by atoms with E-state index in [2.05, 4.69) is 25.5 Å². The molecule has 4 N–H and O–H groups in total. The lowest BCUT2D eigenvalue weighted by Gasteiger charge is -2.27. The van der Waals surface area contributed by atoms with Gasteiger partial charge in [0.05, 0.1) is 12.0 Å². The Morgan fingerprint density at radius 2 is 2.14 bits per heavy atom. The number of nitrogens with two attached hydrogens (primary N) is 1. The van der Waals surface area contributed by atoms with Gasteiger partial charge in [0.15, 0.2) is 17.1 Å². The maximum atomic E-state index is 12.7. The number of piperazine rings is 1. The Balaban J connectivity index is 1.59. The Morgan fingerprint density at radius 1 is 1.32 bits per heavy atom. The fraction of sp³-hybridized carbons (Fsp3) is 0.333. The Hall–Kier alpha value is -3.24. The standard InChI is InChI=1S/C18H21N7O3/c19-16(26)15-17-23-12(18(27)21-5-8-24-6-3-20-4-7-24)10-13(25(17)11-22-15)14-2-1-9-28-14/h1-2,9-11,20H,3-8H2,(H2,19,26)(H,21,27). The first-order valence-corrected chi connectivity index (χ1v) is 9.06. The van der Waals surface area contributed by atoms with E-state index in [4.69, 9.17) is 10.2 Å². The molecule has 1 aliphatic heterocycles. The number of hydrogen-bond donors (Lipinski definition) is 3. The molecule has 10 nitrogen and oxygen atoms in total. The number of fused-ring (bicyclic) bond motifs is 1. The summed E-state index contributed by atoms with van der Waals surface area (Å²) in [6, 6.07) is 5.10. The Labute approximate surface area is 160 Å². The third kappa shape index (κ3) is 3.59. The van der Waals surface area contributed by atoms with Crippen molar-refractivity contribution in [1.82, 2.24) is 29.9 Å². The van der Waals surface area contributed by atoms with Crippen LogP contribution in [-0.4, -0.2) is 70.4 Å². The summed E-state index contributed by atoms with van der Waals surface area (Å²) in [4.78, 5) is 35.0. The zero-order valence-corrected chi connectivity index (χ0v) is 15.2. The summed E-state index contributed by atoms with van der Waals surface area (Å²) < 4.78 is 7.04. The van der Waals surface area contributed by atoms with Gasteiger partial charge >= 0.3 is 0 Å². The summed E-state index contributed by atoms with van der Waals surface area (Å²) in [6.07, 6.45) is 2.97. The van der Waals surface area contributed by atoms with Crippen LogP contribution >= 0.6 is 0 Å². The lowest BCUT2D eigenvalue weighted by Crippen LogP contribution is -2.46. The molecule has 28 heavy (non-hydrogen) atoms. The van der Waals surface area contributed by atoms with E-state index < -0.39 is 5.91 Å². The zero-order valence-electron chi connectivity index (χ0n) is 15.2. The van der Waals surface area contributed by atoms with E-state index in [-0.39, 0.29) is 22.9 Å². The monoisotopic (exact) mass is 383 g/mol. The number of nitrogens with zero attached hydrogens (tertiary/aromatic N) is 4. The highest BCUT2D eigenvalue weighted by Gasteiger charge is 2.20. The van der Waals surface area contributed by atoms with Gasteiger partial charge in [-0.2, -0.15) is 0 Å². The molecule has 0 unspecified atom stereocenters. The second kappa shape index (κ2) is 7.79. The Morgan fingerprint density at radius 3 is 2.86 bits per heavy atom. The van der Waals surface area contributed by atoms with Gasteiger partial charge in [0, 0.05) is 39.3 Å². The molecule has 1 saturated heterocycles. The lowest BCUT2D eigenvalue weighted by atomic mass is 10.2. The predicted octanol–water partition coefficient (Wildman–Crippen LogP) is -0.277. The van der Waals surface area contributed by atoms with E-state index in [0.717, 1.165) is 32.7 Å². The van der Waals surface area contributed by atoms with Gasteiger partial charge < -0.3 is 20.8 Å². The molecule has 4 rings (SSSR count). The van der Waals surface area contributed by atoms with E-state index in [1.807, 2.05) is 0 Å². The molecular weight excluding hydrogens is 362 g/mol. The smallest absolute Gasteiger partial charge is 0.271 e. The highest BCUT2D eigenvalue weighted by molar-refractivity contribution is 5.99. The van der Waals surface area contributed by atoms with Gasteiger partial charge in [0.1, 0.15) is 12.0 Å². The number of carbonyl (C=O) groups excluding carboxylic acids is 2. The molecule has 1 aliphatic rings. The van der Waals surface area contributed by atoms with Crippen molar-refractivity contribution in [2.75, 3.05) is 39.3 Å². The molecular formula is C18H21N7O3. The Kier molecular flexibility index (Phi) is 5.04. The first-order chi connectivity index (χ1) is 13.6. The molecule has 1 fully saturated rings. The van der Waals surface area contributed by atoms with Gasteiger partial charge in [-0.3, -0.25) is 18.9 Å². The lowest BCUT2D eigenvalue weighted by molar-refractivity contribution is 0.0940. The fourth-order valence-electron chi connectivity index (χ4n) is 3.23. The molecule has 0 saturated carbocycles. The highest BCUT2D eigenvalue weighted by atomic mass is 16.3. The summed E-state index contributed by atoms with van der Waals surface area (Å²) in [5.74, 6) is -0.519. The number of amides is 2. The zero-order chi connectivity index (χ0) is 19.5. The van der Waals surface area contributed by atoms with E-state index in [1.165, 1.54) is 12.6 Å². The van der Waals surface area contributed by atoms with Crippen molar-refractivity contribution >= 4 is 17.5 Å². The van der Waals surface area contributed by atoms with Crippen LogP contribution in [0.5, 0.6) is 0 Å². The number of furan rings is 1. The molecule has 2 amide bonds. The summed E-state index contributed by atoms with van der Waals surface area (Å²) >= 11 is 0. The summed E-state index contributed by atoms with van der Waals surface area (Å²) in [6.45, 7) is 5.09. The number of nitrogens with one attached hydrogen (secondary N) is 2. The maximum absolute atomic E-state index is 12.7. The van der Waals surface area contributed by atoms with Gasteiger partial charge in [-0.25, -0.2) is 9.97 Å². The molecule has 10 heteroatoms. The topological polar surface area (TPSA) is 131 Å². The minimum Gasteiger partial charge on any atom is -0.463 e. The number of aromatic nitrogens is 3.